The van der Waals surface area contributed by atoms with Gasteiger partial charge in [0.1, 0.15) is 5.75 Å². The van der Waals surface area contributed by atoms with Gasteiger partial charge in [0.25, 0.3) is 5.91 Å². The lowest BCUT2D eigenvalue weighted by Crippen LogP contribution is -2.45. The number of carbonyl (C=O) groups excluding carboxylic acids is 3. The molecule has 1 saturated carbocycles. The van der Waals surface area contributed by atoms with Crippen LogP contribution >= 0.6 is 0 Å². The SMILES string of the molecule is COc1ccc(C)cc1NC(=O)COC(=O)[C@H]1CC(=O)N([C@@H]2CCC[C@H](C)[C@@H]2C)C1. The zero-order valence-corrected chi connectivity index (χ0v) is 18.3. The van der Waals surface area contributed by atoms with Crippen LogP contribution in [0.15, 0.2) is 18.2 Å². The monoisotopic (exact) mass is 416 g/mol. The topological polar surface area (TPSA) is 84.9 Å². The van der Waals surface area contributed by atoms with Crippen molar-refractivity contribution < 1.29 is 23.9 Å². The molecule has 2 amide bonds. The predicted octanol–water partition coefficient (Wildman–Crippen LogP) is 3.16. The standard InChI is InChI=1S/C23H32N2O5/c1-14-8-9-20(29-4)18(10-14)24-21(26)13-30-23(28)17-11-22(27)25(12-17)19-7-5-6-15(2)16(19)3/h8-10,15-17,19H,5-7,11-13H2,1-4H3,(H,24,26)/t15-,16-,17-,19+/m0/s1. The molecule has 0 spiro atoms. The average Bonchev–Trinajstić information content (AvgIpc) is 3.10. The maximum absolute atomic E-state index is 12.5. The lowest BCUT2D eigenvalue weighted by atomic mass is 9.77. The highest BCUT2D eigenvalue weighted by molar-refractivity contribution is 5.95. The first-order valence-corrected chi connectivity index (χ1v) is 10.7. The molecular formula is C23H32N2O5. The summed E-state index contributed by atoms with van der Waals surface area (Å²) in [6.45, 7) is 6.32. The Morgan fingerprint density at radius 1 is 1.23 bits per heavy atom. The largest absolute Gasteiger partial charge is 0.495 e. The molecular weight excluding hydrogens is 384 g/mol. The van der Waals surface area contributed by atoms with Gasteiger partial charge in [-0.1, -0.05) is 32.8 Å². The minimum Gasteiger partial charge on any atom is -0.495 e. The molecule has 7 heteroatoms. The molecule has 30 heavy (non-hydrogen) atoms. The summed E-state index contributed by atoms with van der Waals surface area (Å²) in [5, 5.41) is 2.71. The third-order valence-electron chi connectivity index (χ3n) is 6.53. The van der Waals surface area contributed by atoms with E-state index < -0.39 is 24.4 Å². The number of esters is 1. The molecule has 0 unspecified atom stereocenters. The highest BCUT2D eigenvalue weighted by atomic mass is 16.5. The van der Waals surface area contributed by atoms with E-state index in [2.05, 4.69) is 19.2 Å². The van der Waals surface area contributed by atoms with Crippen molar-refractivity contribution in [3.05, 3.63) is 23.8 Å². The van der Waals surface area contributed by atoms with Crippen LogP contribution in [0.2, 0.25) is 0 Å². The van der Waals surface area contributed by atoms with E-state index in [0.29, 0.717) is 29.8 Å². The fourth-order valence-corrected chi connectivity index (χ4v) is 4.56. The molecule has 1 saturated heterocycles. The van der Waals surface area contributed by atoms with Gasteiger partial charge in [-0.25, -0.2) is 0 Å². The number of nitrogens with zero attached hydrogens (tertiary/aromatic N) is 1. The Hall–Kier alpha value is -2.57. The number of rotatable bonds is 6. The molecule has 2 fully saturated rings. The van der Waals surface area contributed by atoms with Gasteiger partial charge in [-0.05, 0) is 42.9 Å². The molecule has 0 aromatic heterocycles. The normalized spacial score (nSPS) is 26.4. The first-order valence-electron chi connectivity index (χ1n) is 10.7. The van der Waals surface area contributed by atoms with Gasteiger partial charge in [0.15, 0.2) is 6.61 Å². The molecule has 1 aliphatic heterocycles. The number of benzene rings is 1. The highest BCUT2D eigenvalue weighted by Gasteiger charge is 2.42. The maximum Gasteiger partial charge on any atom is 0.311 e. The molecule has 2 aliphatic rings. The van der Waals surface area contributed by atoms with Crippen molar-refractivity contribution in [3.63, 3.8) is 0 Å². The Balaban J connectivity index is 1.52. The first-order chi connectivity index (χ1) is 14.3. The van der Waals surface area contributed by atoms with Gasteiger partial charge >= 0.3 is 5.97 Å². The number of methoxy groups -OCH3 is 1. The van der Waals surface area contributed by atoms with Gasteiger partial charge in [-0.15, -0.1) is 0 Å². The summed E-state index contributed by atoms with van der Waals surface area (Å²) in [5.41, 5.74) is 1.50. The van der Waals surface area contributed by atoms with Gasteiger partial charge in [0, 0.05) is 19.0 Å². The Morgan fingerprint density at radius 2 is 2.00 bits per heavy atom. The van der Waals surface area contributed by atoms with E-state index in [4.69, 9.17) is 9.47 Å². The number of aryl methyl sites for hydroxylation is 1. The summed E-state index contributed by atoms with van der Waals surface area (Å²) in [5.74, 6) is 0.0996. The quantitative estimate of drug-likeness (QED) is 0.720. The zero-order valence-electron chi connectivity index (χ0n) is 18.3. The second-order valence-electron chi connectivity index (χ2n) is 8.64. The zero-order chi connectivity index (χ0) is 21.8. The van der Waals surface area contributed by atoms with Crippen LogP contribution in [0, 0.1) is 24.7 Å². The van der Waals surface area contributed by atoms with E-state index in [0.717, 1.165) is 18.4 Å². The number of likely N-dealkylation sites (tertiary alicyclic amines) is 1. The second-order valence-corrected chi connectivity index (χ2v) is 8.64. The van der Waals surface area contributed by atoms with Crippen molar-refractivity contribution in [2.75, 3.05) is 25.6 Å². The number of amides is 2. The van der Waals surface area contributed by atoms with Crippen molar-refractivity contribution in [2.24, 2.45) is 17.8 Å². The molecule has 3 rings (SSSR count). The fraction of sp³-hybridized carbons (Fsp3) is 0.609. The summed E-state index contributed by atoms with van der Waals surface area (Å²) in [7, 11) is 1.52. The molecule has 1 aromatic carbocycles. The smallest absolute Gasteiger partial charge is 0.311 e. The van der Waals surface area contributed by atoms with Crippen LogP contribution in [0.1, 0.15) is 45.1 Å². The number of carbonyl (C=O) groups is 3. The van der Waals surface area contributed by atoms with Crippen molar-refractivity contribution in [1.82, 2.24) is 4.90 Å². The molecule has 0 bridgehead atoms. The van der Waals surface area contributed by atoms with Gasteiger partial charge in [-0.3, -0.25) is 14.4 Å². The van der Waals surface area contributed by atoms with Crippen LogP contribution in [0.5, 0.6) is 5.75 Å². The van der Waals surface area contributed by atoms with Gasteiger partial charge < -0.3 is 19.7 Å². The summed E-state index contributed by atoms with van der Waals surface area (Å²) >= 11 is 0. The second kappa shape index (κ2) is 9.49. The van der Waals surface area contributed by atoms with E-state index in [1.807, 2.05) is 17.9 Å². The molecule has 1 N–H and O–H groups in total. The minimum atomic E-state index is -0.511. The van der Waals surface area contributed by atoms with Gasteiger partial charge in [0.05, 0.1) is 18.7 Å². The third kappa shape index (κ3) is 4.94. The molecule has 7 nitrogen and oxygen atoms in total. The Labute approximate surface area is 178 Å². The first kappa shape index (κ1) is 22.1. The average molecular weight is 417 g/mol. The van der Waals surface area contributed by atoms with Crippen molar-refractivity contribution >= 4 is 23.5 Å². The van der Waals surface area contributed by atoms with Crippen LogP contribution in [0.25, 0.3) is 0 Å². The number of ether oxygens (including phenoxy) is 2. The third-order valence-corrected chi connectivity index (χ3v) is 6.53. The fourth-order valence-electron chi connectivity index (χ4n) is 4.56. The lowest BCUT2D eigenvalue weighted by Gasteiger charge is -2.39. The Morgan fingerprint density at radius 3 is 2.73 bits per heavy atom. The molecule has 4 atom stereocenters. The van der Waals surface area contributed by atoms with Crippen molar-refractivity contribution in [3.8, 4) is 5.75 Å². The van der Waals surface area contributed by atoms with Crippen molar-refractivity contribution in [1.29, 1.82) is 0 Å². The lowest BCUT2D eigenvalue weighted by molar-refractivity contribution is -0.151. The molecule has 1 heterocycles. The summed E-state index contributed by atoms with van der Waals surface area (Å²) in [4.78, 5) is 39.2. The Bertz CT molecular complexity index is 809. The number of hydrogen-bond acceptors (Lipinski definition) is 5. The molecule has 164 valence electrons. The van der Waals surface area contributed by atoms with Gasteiger partial charge in [0.2, 0.25) is 5.91 Å². The van der Waals surface area contributed by atoms with Crippen LogP contribution in [0.4, 0.5) is 5.69 Å². The number of nitrogens with one attached hydrogen (secondary N) is 1. The minimum absolute atomic E-state index is 0.0110. The van der Waals surface area contributed by atoms with Crippen LogP contribution in [-0.4, -0.2) is 49.0 Å². The van der Waals surface area contributed by atoms with E-state index >= 15 is 0 Å². The van der Waals surface area contributed by atoms with E-state index in [9.17, 15) is 14.4 Å². The van der Waals surface area contributed by atoms with E-state index in [1.165, 1.54) is 13.5 Å². The predicted molar refractivity (Wildman–Crippen MR) is 113 cm³/mol. The molecule has 0 radical (unpaired) electrons. The van der Waals surface area contributed by atoms with Gasteiger partial charge in [-0.2, -0.15) is 0 Å². The van der Waals surface area contributed by atoms with Crippen LogP contribution < -0.4 is 10.1 Å². The van der Waals surface area contributed by atoms with E-state index in [-0.39, 0.29) is 18.4 Å². The van der Waals surface area contributed by atoms with Crippen LogP contribution in [0.3, 0.4) is 0 Å². The van der Waals surface area contributed by atoms with Crippen LogP contribution in [-0.2, 0) is 19.1 Å². The number of anilines is 1. The Kier molecular flexibility index (Phi) is 7.00. The maximum atomic E-state index is 12.5. The van der Waals surface area contributed by atoms with E-state index in [1.54, 1.807) is 12.1 Å². The summed E-state index contributed by atoms with van der Waals surface area (Å²) in [6, 6.07) is 5.63. The van der Waals surface area contributed by atoms with Crippen molar-refractivity contribution in [2.45, 2.75) is 52.5 Å². The number of hydrogen-bond donors (Lipinski definition) is 1. The summed E-state index contributed by atoms with van der Waals surface area (Å²) in [6.07, 6.45) is 3.44. The molecule has 1 aliphatic carbocycles. The summed E-state index contributed by atoms with van der Waals surface area (Å²) < 4.78 is 10.5. The highest BCUT2D eigenvalue weighted by Crippen LogP contribution is 2.36. The molecule has 1 aromatic rings.